The number of thiophene rings is 2. The molecule has 268 valence electrons. The lowest BCUT2D eigenvalue weighted by molar-refractivity contribution is 1.68. The second-order valence-corrected chi connectivity index (χ2v) is 17.6. The Hall–Kier alpha value is -6.84. The summed E-state index contributed by atoms with van der Waals surface area (Å²) in [5.41, 5.74) is 7.66. The average Bonchev–Trinajstić information content (AvgIpc) is 3.84. The van der Waals surface area contributed by atoms with Crippen molar-refractivity contribution in [3.63, 3.8) is 0 Å². The highest BCUT2D eigenvalue weighted by atomic mass is 32.1. The summed E-state index contributed by atoms with van der Waals surface area (Å²) in [7, 11) is 0. The summed E-state index contributed by atoms with van der Waals surface area (Å²) in [6.07, 6.45) is 0. The molecule has 13 rings (SSSR count). The fraction of sp³-hybridized carbons (Fsp3) is 0. The molecule has 0 fully saturated rings. The maximum absolute atomic E-state index is 2.49. The Morgan fingerprint density at radius 2 is 0.672 bits per heavy atom. The lowest BCUT2D eigenvalue weighted by Gasteiger charge is -2.20. The minimum Gasteiger partial charge on any atom is -0.135 e. The average molecular weight is 769 g/mol. The Kier molecular flexibility index (Phi) is 6.86. The van der Waals surface area contributed by atoms with Crippen LogP contribution in [0.5, 0.6) is 0 Å². The van der Waals surface area contributed by atoms with Gasteiger partial charge >= 0.3 is 0 Å². The van der Waals surface area contributed by atoms with Gasteiger partial charge in [-0.1, -0.05) is 170 Å². The summed E-state index contributed by atoms with van der Waals surface area (Å²) >= 11 is 3.83. The number of hydrogen-bond donors (Lipinski definition) is 0. The van der Waals surface area contributed by atoms with E-state index < -0.39 is 0 Å². The zero-order valence-electron chi connectivity index (χ0n) is 31.3. The van der Waals surface area contributed by atoms with Crippen LogP contribution in [0, 0.1) is 0 Å². The van der Waals surface area contributed by atoms with Crippen molar-refractivity contribution in [3.8, 4) is 33.4 Å². The van der Waals surface area contributed by atoms with E-state index in [0.29, 0.717) is 0 Å². The van der Waals surface area contributed by atoms with Gasteiger partial charge in [-0.25, -0.2) is 0 Å². The van der Waals surface area contributed by atoms with Crippen molar-refractivity contribution in [1.82, 2.24) is 0 Å². The van der Waals surface area contributed by atoms with Crippen molar-refractivity contribution in [2.24, 2.45) is 0 Å². The summed E-state index contributed by atoms with van der Waals surface area (Å²) in [6, 6.07) is 72.6. The van der Waals surface area contributed by atoms with Gasteiger partial charge in [0.15, 0.2) is 0 Å². The molecule has 0 saturated carbocycles. The second kappa shape index (κ2) is 12.3. The maximum Gasteiger partial charge on any atom is 0.0434 e. The molecule has 2 heteroatoms. The van der Waals surface area contributed by atoms with Gasteiger partial charge in [0.25, 0.3) is 0 Å². The number of fused-ring (bicyclic) bond motifs is 12. The van der Waals surface area contributed by atoms with Crippen molar-refractivity contribution in [1.29, 1.82) is 0 Å². The lowest BCUT2D eigenvalue weighted by atomic mass is 9.82. The van der Waals surface area contributed by atoms with Crippen LogP contribution in [0.25, 0.3) is 128 Å². The highest BCUT2D eigenvalue weighted by molar-refractivity contribution is 7.28. The monoisotopic (exact) mass is 768 g/mol. The van der Waals surface area contributed by atoms with Crippen LogP contribution in [0.3, 0.4) is 0 Å². The molecule has 0 amide bonds. The molecule has 11 aromatic carbocycles. The van der Waals surface area contributed by atoms with Crippen LogP contribution in [-0.4, -0.2) is 0 Å². The molecule has 13 aromatic rings. The summed E-state index contributed by atoms with van der Waals surface area (Å²) in [4.78, 5) is 0. The summed E-state index contributed by atoms with van der Waals surface area (Å²) in [6.45, 7) is 0. The van der Waals surface area contributed by atoms with Crippen molar-refractivity contribution in [2.45, 2.75) is 0 Å². The normalized spacial score (nSPS) is 12.1. The van der Waals surface area contributed by atoms with E-state index in [4.69, 9.17) is 0 Å². The zero-order chi connectivity index (χ0) is 37.9. The Morgan fingerprint density at radius 1 is 0.224 bits per heavy atom. The molecule has 0 aliphatic rings. The molecule has 2 heterocycles. The van der Waals surface area contributed by atoms with Crippen molar-refractivity contribution in [2.75, 3.05) is 0 Å². The van der Waals surface area contributed by atoms with Gasteiger partial charge in [-0.3, -0.25) is 0 Å². The van der Waals surface area contributed by atoms with Gasteiger partial charge in [0.1, 0.15) is 0 Å². The highest BCUT2D eigenvalue weighted by Gasteiger charge is 2.21. The number of benzene rings is 11. The summed E-state index contributed by atoms with van der Waals surface area (Å²) in [5.74, 6) is 0. The Balaban J connectivity index is 1.09. The smallest absolute Gasteiger partial charge is 0.0434 e. The second-order valence-electron chi connectivity index (χ2n) is 15.5. The van der Waals surface area contributed by atoms with E-state index in [9.17, 15) is 0 Å². The lowest BCUT2D eigenvalue weighted by Crippen LogP contribution is -1.93. The molecule has 0 unspecified atom stereocenters. The van der Waals surface area contributed by atoms with Gasteiger partial charge < -0.3 is 0 Å². The first kappa shape index (κ1) is 32.3. The Bertz CT molecular complexity index is 3800. The third-order valence-corrected chi connectivity index (χ3v) is 14.8. The van der Waals surface area contributed by atoms with Gasteiger partial charge in [0.05, 0.1) is 0 Å². The van der Waals surface area contributed by atoms with E-state index in [1.54, 1.807) is 0 Å². The van der Waals surface area contributed by atoms with Crippen LogP contribution in [0.1, 0.15) is 0 Å². The van der Waals surface area contributed by atoms with E-state index in [0.717, 1.165) is 0 Å². The molecular weight excluding hydrogens is 737 g/mol. The minimum absolute atomic E-state index is 1.26. The first-order chi connectivity index (χ1) is 28.8. The summed E-state index contributed by atoms with van der Waals surface area (Å²) < 4.78 is 5.41. The van der Waals surface area contributed by atoms with Crippen LogP contribution < -0.4 is 0 Å². The molecule has 58 heavy (non-hydrogen) atoms. The molecule has 0 aliphatic heterocycles. The molecule has 0 atom stereocenters. The van der Waals surface area contributed by atoms with Crippen LogP contribution in [0.2, 0.25) is 0 Å². The van der Waals surface area contributed by atoms with Gasteiger partial charge in [0, 0.05) is 45.7 Å². The van der Waals surface area contributed by atoms with E-state index >= 15 is 0 Å². The fourth-order valence-electron chi connectivity index (χ4n) is 9.94. The van der Waals surface area contributed by atoms with Gasteiger partial charge in [0.2, 0.25) is 0 Å². The van der Waals surface area contributed by atoms with Crippen LogP contribution in [0.4, 0.5) is 0 Å². The topological polar surface area (TPSA) is 0 Å². The van der Waals surface area contributed by atoms with Gasteiger partial charge in [-0.2, -0.15) is 0 Å². The fourth-order valence-corrected chi connectivity index (χ4v) is 12.3. The van der Waals surface area contributed by atoms with Crippen molar-refractivity contribution in [3.05, 3.63) is 194 Å². The van der Waals surface area contributed by atoms with Crippen molar-refractivity contribution >= 4 is 117 Å². The molecule has 0 saturated heterocycles. The predicted octanol–water partition coefficient (Wildman–Crippen LogP) is 17.2. The predicted molar refractivity (Wildman–Crippen MR) is 256 cm³/mol. The van der Waals surface area contributed by atoms with Gasteiger partial charge in [-0.05, 0) is 106 Å². The molecule has 2 aromatic heterocycles. The first-order valence-corrected chi connectivity index (χ1v) is 21.6. The van der Waals surface area contributed by atoms with E-state index in [2.05, 4.69) is 194 Å². The summed E-state index contributed by atoms with van der Waals surface area (Å²) in [5, 5.41) is 18.1. The molecule has 0 radical (unpaired) electrons. The number of rotatable bonds is 3. The van der Waals surface area contributed by atoms with E-state index in [1.165, 1.54) is 128 Å². The first-order valence-electron chi connectivity index (χ1n) is 19.9. The molecule has 0 bridgehead atoms. The van der Waals surface area contributed by atoms with Crippen LogP contribution in [0.15, 0.2) is 194 Å². The SMILES string of the molecule is c1ccc2c(-c3c4ccccc4c(-c4ccc(-c5cc6c7cc8sc9ccccc9c8cc7sc6c6ccccc56)c5ccccc45)c4ccccc34)cccc2c1. The number of hydrogen-bond acceptors (Lipinski definition) is 2. The molecular formula is C56H32S2. The maximum atomic E-state index is 2.49. The molecule has 0 aliphatic carbocycles. The zero-order valence-corrected chi connectivity index (χ0v) is 32.9. The van der Waals surface area contributed by atoms with Crippen LogP contribution >= 0.6 is 22.7 Å². The molecule has 0 nitrogen and oxygen atoms in total. The highest BCUT2D eigenvalue weighted by Crippen LogP contribution is 2.50. The standard InChI is InChI=1S/C56H32S2/c1-2-16-34-33(14-1)15-13-26-40(34)54-41-21-6-8-23-43(41)55(44-24-9-7-22-42(44)54)45-29-28-38(35-17-3-4-18-36(35)45)47-30-50-49-32-52-48(39-20-11-12-27-51(39)57-52)31-53(49)58-56(50)46-25-10-5-19-37(46)47/h1-32H. The largest absolute Gasteiger partial charge is 0.135 e. The molecule has 0 spiro atoms. The van der Waals surface area contributed by atoms with Gasteiger partial charge in [-0.15, -0.1) is 22.7 Å². The Morgan fingerprint density at radius 3 is 1.34 bits per heavy atom. The third kappa shape index (κ3) is 4.56. The molecule has 0 N–H and O–H groups in total. The minimum atomic E-state index is 1.26. The van der Waals surface area contributed by atoms with E-state index in [1.807, 2.05) is 22.7 Å². The third-order valence-electron chi connectivity index (χ3n) is 12.5. The Labute approximate surface area is 342 Å². The van der Waals surface area contributed by atoms with E-state index in [-0.39, 0.29) is 0 Å². The van der Waals surface area contributed by atoms with Crippen LogP contribution in [-0.2, 0) is 0 Å². The van der Waals surface area contributed by atoms with Crippen molar-refractivity contribution < 1.29 is 0 Å². The quantitative estimate of drug-likeness (QED) is 0.157.